The fourth-order valence-corrected chi connectivity index (χ4v) is 3.21. The quantitative estimate of drug-likeness (QED) is 0.450. The summed E-state index contributed by atoms with van der Waals surface area (Å²) in [7, 11) is 1.62. The van der Waals surface area contributed by atoms with Crippen LogP contribution in [-0.4, -0.2) is 12.9 Å². The van der Waals surface area contributed by atoms with Crippen LogP contribution in [0.2, 0.25) is 0 Å². The molecule has 4 rings (SSSR count). The van der Waals surface area contributed by atoms with Crippen LogP contribution < -0.4 is 4.74 Å². The second-order valence-electron chi connectivity index (χ2n) is 6.19. The lowest BCUT2D eigenvalue weighted by Gasteiger charge is -2.04. The van der Waals surface area contributed by atoms with Crippen molar-refractivity contribution in [3.05, 3.63) is 89.5 Å². The highest BCUT2D eigenvalue weighted by molar-refractivity contribution is 6.20. The van der Waals surface area contributed by atoms with Crippen LogP contribution in [0.5, 0.6) is 5.75 Å². The van der Waals surface area contributed by atoms with Gasteiger partial charge in [0.25, 0.3) is 0 Å². The maximum absolute atomic E-state index is 13.3. The van der Waals surface area contributed by atoms with Crippen LogP contribution in [0, 0.1) is 6.92 Å². The van der Waals surface area contributed by atoms with Gasteiger partial charge >= 0.3 is 0 Å². The van der Waals surface area contributed by atoms with E-state index in [1.807, 2.05) is 79.7 Å². The summed E-state index contributed by atoms with van der Waals surface area (Å²) in [5.41, 5.74) is 3.72. The van der Waals surface area contributed by atoms with Gasteiger partial charge in [-0.2, -0.15) is 0 Å². The first-order valence-electron chi connectivity index (χ1n) is 8.45. The molecule has 0 fully saturated rings. The molecule has 0 spiro atoms. The van der Waals surface area contributed by atoms with Crippen LogP contribution in [0.4, 0.5) is 0 Å². The van der Waals surface area contributed by atoms with E-state index in [0.717, 1.165) is 16.5 Å². The molecule has 0 N–H and O–H groups in total. The Morgan fingerprint density at radius 2 is 1.58 bits per heavy atom. The van der Waals surface area contributed by atoms with Crippen molar-refractivity contribution in [3.63, 3.8) is 0 Å². The molecule has 0 radical (unpaired) electrons. The Morgan fingerprint density at radius 3 is 2.23 bits per heavy atom. The maximum atomic E-state index is 13.3. The van der Waals surface area contributed by atoms with Crippen molar-refractivity contribution in [3.8, 4) is 17.1 Å². The molecule has 0 unspecified atom stereocenters. The first kappa shape index (κ1) is 16.2. The predicted molar refractivity (Wildman–Crippen MR) is 103 cm³/mol. The molecule has 0 saturated heterocycles. The van der Waals surface area contributed by atoms with Crippen molar-refractivity contribution in [2.45, 2.75) is 6.92 Å². The van der Waals surface area contributed by atoms with Gasteiger partial charge in [0.1, 0.15) is 17.1 Å². The molecule has 0 amide bonds. The van der Waals surface area contributed by atoms with Crippen molar-refractivity contribution >= 4 is 16.8 Å². The molecule has 0 aliphatic heterocycles. The van der Waals surface area contributed by atoms with Gasteiger partial charge in [-0.3, -0.25) is 4.79 Å². The zero-order valence-corrected chi connectivity index (χ0v) is 14.7. The monoisotopic (exact) mass is 342 g/mol. The Balaban J connectivity index is 2.04. The Hall–Kier alpha value is -3.33. The molecule has 26 heavy (non-hydrogen) atoms. The number of furan rings is 1. The van der Waals surface area contributed by atoms with Crippen LogP contribution >= 0.6 is 0 Å². The number of rotatable bonds is 4. The normalized spacial score (nSPS) is 10.8. The highest BCUT2D eigenvalue weighted by Crippen LogP contribution is 2.38. The molecule has 0 saturated carbocycles. The van der Waals surface area contributed by atoms with Crippen LogP contribution in [-0.2, 0) is 0 Å². The van der Waals surface area contributed by atoms with Gasteiger partial charge in [-0.1, -0.05) is 60.7 Å². The van der Waals surface area contributed by atoms with Gasteiger partial charge in [0.15, 0.2) is 5.78 Å². The smallest absolute Gasteiger partial charge is 0.197 e. The lowest BCUT2D eigenvalue weighted by Crippen LogP contribution is -2.02. The van der Waals surface area contributed by atoms with Gasteiger partial charge in [-0.15, -0.1) is 0 Å². The number of methoxy groups -OCH3 is 1. The number of fused-ring (bicyclic) bond motifs is 1. The molecule has 0 aliphatic rings. The summed E-state index contributed by atoms with van der Waals surface area (Å²) in [4.78, 5) is 13.3. The molecule has 0 atom stereocenters. The summed E-state index contributed by atoms with van der Waals surface area (Å²) in [5, 5.41) is 0.773. The third-order valence-electron chi connectivity index (χ3n) is 4.48. The Morgan fingerprint density at radius 1 is 0.923 bits per heavy atom. The second-order valence-corrected chi connectivity index (χ2v) is 6.19. The SMILES string of the molecule is COc1cc(C)c2oc(-c3ccccc3)c(C(=O)c3ccccc3)c2c1. The molecule has 1 aromatic heterocycles. The largest absolute Gasteiger partial charge is 0.497 e. The fraction of sp³-hybridized carbons (Fsp3) is 0.0870. The molecule has 3 nitrogen and oxygen atoms in total. The molecule has 1 heterocycles. The van der Waals surface area contributed by atoms with Crippen LogP contribution in [0.1, 0.15) is 21.5 Å². The lowest BCUT2D eigenvalue weighted by molar-refractivity contribution is 0.104. The standard InChI is InChI=1S/C23H18O3/c1-15-13-18(25-2)14-19-20(21(24)16-9-5-3-6-10-16)23(26-22(15)19)17-11-7-4-8-12-17/h3-14H,1-2H3. The maximum Gasteiger partial charge on any atom is 0.197 e. The average molecular weight is 342 g/mol. The van der Waals surface area contributed by atoms with Crippen molar-refractivity contribution < 1.29 is 13.9 Å². The molecule has 3 heteroatoms. The van der Waals surface area contributed by atoms with Crippen LogP contribution in [0.3, 0.4) is 0 Å². The minimum absolute atomic E-state index is 0.0594. The molecule has 0 aliphatic carbocycles. The Kier molecular flexibility index (Phi) is 4.05. The van der Waals surface area contributed by atoms with Crippen LogP contribution in [0.15, 0.2) is 77.2 Å². The summed E-state index contributed by atoms with van der Waals surface area (Å²) >= 11 is 0. The molecular weight excluding hydrogens is 324 g/mol. The van der Waals surface area contributed by atoms with E-state index in [2.05, 4.69) is 0 Å². The average Bonchev–Trinajstić information content (AvgIpc) is 3.08. The first-order chi connectivity index (χ1) is 12.7. The van der Waals surface area contributed by atoms with Gasteiger partial charge in [-0.25, -0.2) is 0 Å². The first-order valence-corrected chi connectivity index (χ1v) is 8.45. The number of benzene rings is 3. The molecule has 4 aromatic rings. The van der Waals surface area contributed by atoms with E-state index in [4.69, 9.17) is 9.15 Å². The number of carbonyl (C=O) groups excluding carboxylic acids is 1. The number of hydrogen-bond donors (Lipinski definition) is 0. The molecule has 0 bridgehead atoms. The van der Waals surface area contributed by atoms with Gasteiger partial charge in [0.2, 0.25) is 0 Å². The number of carbonyl (C=O) groups is 1. The van der Waals surface area contributed by atoms with Crippen molar-refractivity contribution in [2.75, 3.05) is 7.11 Å². The van der Waals surface area contributed by atoms with Crippen molar-refractivity contribution in [1.82, 2.24) is 0 Å². The summed E-state index contributed by atoms with van der Waals surface area (Å²) in [6, 6.07) is 22.8. The van der Waals surface area contributed by atoms with Crippen molar-refractivity contribution in [2.24, 2.45) is 0 Å². The second kappa shape index (κ2) is 6.52. The number of hydrogen-bond acceptors (Lipinski definition) is 3. The molecule has 128 valence electrons. The Labute approximate surface area is 151 Å². The highest BCUT2D eigenvalue weighted by atomic mass is 16.5. The third-order valence-corrected chi connectivity index (χ3v) is 4.48. The zero-order valence-electron chi connectivity index (χ0n) is 14.7. The summed E-state index contributed by atoms with van der Waals surface area (Å²) < 4.78 is 11.6. The van der Waals surface area contributed by atoms with E-state index in [9.17, 15) is 4.79 Å². The van der Waals surface area contributed by atoms with Gasteiger partial charge in [-0.05, 0) is 24.6 Å². The number of aryl methyl sites for hydroxylation is 1. The van der Waals surface area contributed by atoms with Gasteiger partial charge in [0.05, 0.1) is 12.7 Å². The van der Waals surface area contributed by atoms with E-state index in [1.54, 1.807) is 7.11 Å². The van der Waals surface area contributed by atoms with E-state index in [0.29, 0.717) is 28.2 Å². The zero-order chi connectivity index (χ0) is 18.1. The number of ether oxygens (including phenoxy) is 1. The third kappa shape index (κ3) is 2.68. The van der Waals surface area contributed by atoms with E-state index < -0.39 is 0 Å². The number of ketones is 1. The highest BCUT2D eigenvalue weighted by Gasteiger charge is 2.24. The minimum Gasteiger partial charge on any atom is -0.497 e. The van der Waals surface area contributed by atoms with E-state index in [-0.39, 0.29) is 5.78 Å². The van der Waals surface area contributed by atoms with E-state index >= 15 is 0 Å². The van der Waals surface area contributed by atoms with Crippen LogP contribution in [0.25, 0.3) is 22.3 Å². The van der Waals surface area contributed by atoms with Crippen molar-refractivity contribution in [1.29, 1.82) is 0 Å². The Bertz CT molecular complexity index is 1080. The van der Waals surface area contributed by atoms with Gasteiger partial charge in [0, 0.05) is 16.5 Å². The van der Waals surface area contributed by atoms with Gasteiger partial charge < -0.3 is 9.15 Å². The topological polar surface area (TPSA) is 39.4 Å². The molecular formula is C23H18O3. The summed E-state index contributed by atoms with van der Waals surface area (Å²) in [6.07, 6.45) is 0. The molecule has 3 aromatic carbocycles. The lowest BCUT2D eigenvalue weighted by atomic mass is 9.96. The summed E-state index contributed by atoms with van der Waals surface area (Å²) in [5.74, 6) is 1.24. The minimum atomic E-state index is -0.0594. The fourth-order valence-electron chi connectivity index (χ4n) is 3.21. The summed E-state index contributed by atoms with van der Waals surface area (Å²) in [6.45, 7) is 1.96. The van der Waals surface area contributed by atoms with E-state index in [1.165, 1.54) is 0 Å². The predicted octanol–water partition coefficient (Wildman–Crippen LogP) is 5.65.